The third-order valence-electron chi connectivity index (χ3n) is 3.35. The Morgan fingerprint density at radius 2 is 1.57 bits per heavy atom. The first-order chi connectivity index (χ1) is 6.97. The van der Waals surface area contributed by atoms with Crippen LogP contribution in [0.2, 0.25) is 0 Å². The van der Waals surface area contributed by atoms with Gasteiger partial charge < -0.3 is 0 Å². The molecular weight excluding hydrogens is 170 g/mol. The second-order valence-corrected chi connectivity index (χ2v) is 4.46. The van der Waals surface area contributed by atoms with E-state index in [1.807, 2.05) is 6.20 Å². The van der Waals surface area contributed by atoms with Crippen molar-refractivity contribution >= 4 is 0 Å². The largest absolute Gasteiger partial charge is 0.261 e. The second-order valence-electron chi connectivity index (χ2n) is 4.46. The standard InChI is InChI=1S/C13H20N/c1-2-4-6-9-12(8-5-3-1)13-10-7-11-14-13/h7,10-12H,1-6,8-9H2. The molecule has 0 saturated heterocycles. The van der Waals surface area contributed by atoms with Crippen molar-refractivity contribution < 1.29 is 0 Å². The van der Waals surface area contributed by atoms with Gasteiger partial charge in [0.05, 0.1) is 0 Å². The van der Waals surface area contributed by atoms with Crippen LogP contribution < -0.4 is 5.32 Å². The summed E-state index contributed by atoms with van der Waals surface area (Å²) in [6.07, 6.45) is 17.5. The van der Waals surface area contributed by atoms with E-state index in [9.17, 15) is 0 Å². The van der Waals surface area contributed by atoms with E-state index in [2.05, 4.69) is 17.5 Å². The van der Waals surface area contributed by atoms with Crippen molar-refractivity contribution in [2.45, 2.75) is 51.4 Å². The highest BCUT2D eigenvalue weighted by atomic mass is 14.9. The summed E-state index contributed by atoms with van der Waals surface area (Å²) in [7, 11) is 0. The minimum Gasteiger partial charge on any atom is -0.261 e. The molecule has 1 heterocycles. The van der Waals surface area contributed by atoms with Crippen molar-refractivity contribution in [3.63, 3.8) is 0 Å². The highest BCUT2D eigenvalue weighted by Crippen LogP contribution is 2.27. The lowest BCUT2D eigenvalue weighted by atomic mass is 9.94. The molecule has 1 radical (unpaired) electrons. The quantitative estimate of drug-likeness (QED) is 0.598. The average Bonchev–Trinajstić information content (AvgIpc) is 2.75. The normalized spacial score (nSPS) is 24.7. The van der Waals surface area contributed by atoms with Crippen molar-refractivity contribution in [1.82, 2.24) is 5.32 Å². The molecule has 0 N–H and O–H groups in total. The van der Waals surface area contributed by atoms with E-state index in [1.54, 1.807) is 0 Å². The van der Waals surface area contributed by atoms with Crippen molar-refractivity contribution in [2.24, 2.45) is 5.92 Å². The third-order valence-corrected chi connectivity index (χ3v) is 3.35. The van der Waals surface area contributed by atoms with Crippen molar-refractivity contribution in [2.75, 3.05) is 0 Å². The minimum absolute atomic E-state index is 0.753. The topological polar surface area (TPSA) is 14.1 Å². The van der Waals surface area contributed by atoms with Crippen LogP contribution in [0.5, 0.6) is 0 Å². The van der Waals surface area contributed by atoms with Crippen LogP contribution in [0, 0.1) is 5.92 Å². The van der Waals surface area contributed by atoms with Gasteiger partial charge in [0.2, 0.25) is 0 Å². The molecule has 14 heavy (non-hydrogen) atoms. The van der Waals surface area contributed by atoms with Crippen molar-refractivity contribution in [1.29, 1.82) is 0 Å². The van der Waals surface area contributed by atoms with Gasteiger partial charge in [-0.3, -0.25) is 5.32 Å². The number of nitrogens with zero attached hydrogens (tertiary/aromatic N) is 1. The maximum Gasteiger partial charge on any atom is 0.0435 e. The lowest BCUT2D eigenvalue weighted by Gasteiger charge is -2.16. The molecule has 0 spiro atoms. The zero-order valence-corrected chi connectivity index (χ0v) is 8.91. The van der Waals surface area contributed by atoms with Crippen LogP contribution in [0.15, 0.2) is 24.0 Å². The Balaban J connectivity index is 1.87. The fraction of sp³-hybridized carbons (Fsp3) is 0.692. The summed E-state index contributed by atoms with van der Waals surface area (Å²) < 4.78 is 0. The molecule has 2 aliphatic rings. The maximum absolute atomic E-state index is 4.44. The molecule has 0 aromatic rings. The molecule has 1 aliphatic heterocycles. The van der Waals surface area contributed by atoms with Crippen molar-refractivity contribution in [3.05, 3.63) is 24.0 Å². The molecule has 0 aromatic carbocycles. The van der Waals surface area contributed by atoms with Gasteiger partial charge in [0.25, 0.3) is 0 Å². The Morgan fingerprint density at radius 1 is 0.929 bits per heavy atom. The molecule has 0 atom stereocenters. The number of rotatable bonds is 1. The Morgan fingerprint density at radius 3 is 2.14 bits per heavy atom. The number of hydrogen-bond donors (Lipinski definition) is 0. The average molecular weight is 190 g/mol. The molecule has 77 valence electrons. The zero-order chi connectivity index (χ0) is 9.64. The van der Waals surface area contributed by atoms with E-state index >= 15 is 0 Å². The number of allylic oxidation sites excluding steroid dienone is 3. The van der Waals surface area contributed by atoms with Gasteiger partial charge in [-0.1, -0.05) is 38.5 Å². The molecule has 0 aromatic heterocycles. The van der Waals surface area contributed by atoms with Crippen molar-refractivity contribution in [3.8, 4) is 0 Å². The molecule has 1 fully saturated rings. The fourth-order valence-electron chi connectivity index (χ4n) is 2.48. The summed E-state index contributed by atoms with van der Waals surface area (Å²) in [4.78, 5) is 0. The van der Waals surface area contributed by atoms with E-state index < -0.39 is 0 Å². The summed E-state index contributed by atoms with van der Waals surface area (Å²) in [6.45, 7) is 0. The molecular formula is C13H20N. The molecule has 1 nitrogen and oxygen atoms in total. The van der Waals surface area contributed by atoms with Gasteiger partial charge in [0.1, 0.15) is 0 Å². The Labute approximate surface area is 87.3 Å². The molecule has 1 saturated carbocycles. The highest BCUT2D eigenvalue weighted by Gasteiger charge is 2.16. The van der Waals surface area contributed by atoms with Crippen LogP contribution in [-0.4, -0.2) is 0 Å². The van der Waals surface area contributed by atoms with Crippen LogP contribution in [0.1, 0.15) is 51.4 Å². The van der Waals surface area contributed by atoms with E-state index in [4.69, 9.17) is 0 Å². The summed E-state index contributed by atoms with van der Waals surface area (Å²) in [6, 6.07) is 0. The van der Waals surface area contributed by atoms with Gasteiger partial charge in [-0.25, -0.2) is 0 Å². The molecule has 0 bridgehead atoms. The first kappa shape index (κ1) is 9.82. The first-order valence-electron chi connectivity index (χ1n) is 6.04. The predicted octanol–water partition coefficient (Wildman–Crippen LogP) is 3.75. The molecule has 2 rings (SSSR count). The highest BCUT2D eigenvalue weighted by molar-refractivity contribution is 5.21. The van der Waals surface area contributed by atoms with E-state index in [-0.39, 0.29) is 0 Å². The Hall–Kier alpha value is -0.720. The third kappa shape index (κ3) is 2.63. The monoisotopic (exact) mass is 190 g/mol. The van der Waals surface area contributed by atoms with E-state index in [0.717, 1.165) is 5.92 Å². The van der Waals surface area contributed by atoms with Gasteiger partial charge >= 0.3 is 0 Å². The minimum atomic E-state index is 0.753. The van der Waals surface area contributed by atoms with Gasteiger partial charge in [-0.05, 0) is 25.0 Å². The first-order valence-corrected chi connectivity index (χ1v) is 6.04. The summed E-state index contributed by atoms with van der Waals surface area (Å²) in [5, 5.41) is 4.44. The van der Waals surface area contributed by atoms with Crippen LogP contribution >= 0.6 is 0 Å². The second kappa shape index (κ2) is 5.23. The fourth-order valence-corrected chi connectivity index (χ4v) is 2.48. The van der Waals surface area contributed by atoms with Crippen LogP contribution in [0.4, 0.5) is 0 Å². The summed E-state index contributed by atoms with van der Waals surface area (Å²) in [5.41, 5.74) is 1.34. The SMILES string of the molecule is C1=C[N]C(C2CCCCCCCC2)=C1. The zero-order valence-electron chi connectivity index (χ0n) is 8.91. The van der Waals surface area contributed by atoms with Crippen LogP contribution in [0.3, 0.4) is 0 Å². The van der Waals surface area contributed by atoms with Gasteiger partial charge in [0, 0.05) is 17.8 Å². The Bertz CT molecular complexity index is 217. The lowest BCUT2D eigenvalue weighted by molar-refractivity contribution is 0.472. The van der Waals surface area contributed by atoms with Gasteiger partial charge in [-0.2, -0.15) is 0 Å². The van der Waals surface area contributed by atoms with Gasteiger partial charge in [-0.15, -0.1) is 0 Å². The molecule has 0 unspecified atom stereocenters. The van der Waals surface area contributed by atoms with Crippen LogP contribution in [0.25, 0.3) is 0 Å². The van der Waals surface area contributed by atoms with Gasteiger partial charge in [0.15, 0.2) is 0 Å². The van der Waals surface area contributed by atoms with E-state index in [1.165, 1.54) is 57.1 Å². The predicted molar refractivity (Wildman–Crippen MR) is 59.8 cm³/mol. The molecule has 1 aliphatic carbocycles. The number of hydrogen-bond acceptors (Lipinski definition) is 0. The molecule has 0 amide bonds. The maximum atomic E-state index is 4.44. The van der Waals surface area contributed by atoms with Crippen LogP contribution in [-0.2, 0) is 0 Å². The molecule has 1 heteroatoms. The summed E-state index contributed by atoms with van der Waals surface area (Å²) >= 11 is 0. The smallest absolute Gasteiger partial charge is 0.0435 e. The lowest BCUT2D eigenvalue weighted by Crippen LogP contribution is -2.08. The van der Waals surface area contributed by atoms with E-state index in [0.29, 0.717) is 0 Å². The Kier molecular flexibility index (Phi) is 3.67. The summed E-state index contributed by atoms with van der Waals surface area (Å²) in [5.74, 6) is 0.753.